The molecule has 0 bridgehead atoms. The number of aryl methyl sites for hydroxylation is 1. The summed E-state index contributed by atoms with van der Waals surface area (Å²) in [6, 6.07) is 6.43. The van der Waals surface area contributed by atoms with Crippen LogP contribution in [0.4, 0.5) is 4.79 Å². The van der Waals surface area contributed by atoms with E-state index in [0.717, 1.165) is 24.8 Å². The number of carboxylic acids is 1. The minimum Gasteiger partial charge on any atom is -0.480 e. The number of carbonyl (C=O) groups is 2. The number of likely N-dealkylation sites (N-methyl/N-ethyl adjacent to an activating group) is 1. The number of nitrogens with one attached hydrogen (secondary N) is 3. The Morgan fingerprint density at radius 3 is 2.81 bits per heavy atom. The number of carbonyl (C=O) groups excluding carboxylic acids is 1. The number of H-pyrrole nitrogens is 1. The topological polar surface area (TPSA) is 97.5 Å². The number of amides is 2. The molecule has 1 aromatic carbocycles. The van der Waals surface area contributed by atoms with Gasteiger partial charge < -0.3 is 20.7 Å². The van der Waals surface area contributed by atoms with Crippen LogP contribution in [0.15, 0.2) is 24.4 Å². The van der Waals surface area contributed by atoms with Crippen LogP contribution in [0.2, 0.25) is 0 Å². The summed E-state index contributed by atoms with van der Waals surface area (Å²) in [5, 5.41) is 16.0. The Bertz CT molecular complexity index is 811. The first kappa shape index (κ1) is 19.2. The summed E-state index contributed by atoms with van der Waals surface area (Å²) >= 11 is 0. The first-order valence-electron chi connectivity index (χ1n) is 9.53. The predicted octanol–water partition coefficient (Wildman–Crippen LogP) is 2.26. The van der Waals surface area contributed by atoms with Gasteiger partial charge in [0, 0.05) is 35.7 Å². The quantitative estimate of drug-likeness (QED) is 0.571. The number of rotatable bonds is 8. The summed E-state index contributed by atoms with van der Waals surface area (Å²) < 4.78 is 0. The van der Waals surface area contributed by atoms with E-state index in [1.807, 2.05) is 24.1 Å². The lowest BCUT2D eigenvalue weighted by Gasteiger charge is -2.42. The molecule has 7 heteroatoms. The van der Waals surface area contributed by atoms with Crippen molar-refractivity contribution >= 4 is 22.9 Å². The molecule has 1 aliphatic carbocycles. The maximum Gasteiger partial charge on any atom is 0.317 e. The van der Waals surface area contributed by atoms with Crippen LogP contribution in [0.5, 0.6) is 0 Å². The highest BCUT2D eigenvalue weighted by atomic mass is 16.4. The summed E-state index contributed by atoms with van der Waals surface area (Å²) in [5.74, 6) is -0.807. The van der Waals surface area contributed by atoms with Gasteiger partial charge in [-0.3, -0.25) is 9.69 Å². The summed E-state index contributed by atoms with van der Waals surface area (Å²) in [6.07, 6.45) is 4.38. The number of aliphatic carboxylic acids is 1. The smallest absolute Gasteiger partial charge is 0.317 e. The number of benzene rings is 1. The minimum atomic E-state index is -0.807. The third-order valence-corrected chi connectivity index (χ3v) is 5.40. The van der Waals surface area contributed by atoms with Gasteiger partial charge in [0.15, 0.2) is 0 Å². The summed E-state index contributed by atoms with van der Waals surface area (Å²) in [6.45, 7) is 5.38. The number of urea groups is 1. The molecule has 1 heterocycles. The van der Waals surface area contributed by atoms with Crippen molar-refractivity contribution in [3.63, 3.8) is 0 Å². The van der Waals surface area contributed by atoms with E-state index in [4.69, 9.17) is 5.11 Å². The minimum absolute atomic E-state index is 0.0597. The number of aromatic amines is 1. The highest BCUT2D eigenvalue weighted by Gasteiger charge is 2.34. The molecule has 2 amide bonds. The number of fused-ring (bicyclic) bond motifs is 1. The molecule has 0 unspecified atom stereocenters. The Labute approximate surface area is 159 Å². The van der Waals surface area contributed by atoms with E-state index >= 15 is 0 Å². The predicted molar refractivity (Wildman–Crippen MR) is 105 cm³/mol. The molecule has 0 aliphatic heterocycles. The average Bonchev–Trinajstić information content (AvgIpc) is 3.00. The largest absolute Gasteiger partial charge is 0.480 e. The van der Waals surface area contributed by atoms with Crippen molar-refractivity contribution < 1.29 is 14.7 Å². The van der Waals surface area contributed by atoms with Gasteiger partial charge >= 0.3 is 12.0 Å². The molecule has 3 rings (SSSR count). The van der Waals surface area contributed by atoms with Crippen molar-refractivity contribution in [2.75, 3.05) is 19.6 Å². The SMILES string of the molecule is CCN(CC(=O)O)C1CC(NC(=O)NCCc2c[nH]c3c(C)cccc23)C1. The first-order valence-corrected chi connectivity index (χ1v) is 9.53. The standard InChI is InChI=1S/C20H28N4O3/c1-3-24(12-18(25)26)16-9-15(10-16)23-20(27)21-8-7-14-11-22-19-13(2)5-4-6-17(14)19/h4-6,11,15-16,22H,3,7-10,12H2,1-2H3,(H,25,26)(H2,21,23,27). The van der Waals surface area contributed by atoms with Crippen LogP contribution in [-0.2, 0) is 11.2 Å². The molecule has 4 N–H and O–H groups in total. The van der Waals surface area contributed by atoms with Crippen LogP contribution in [-0.4, -0.2) is 58.7 Å². The van der Waals surface area contributed by atoms with Gasteiger partial charge in [-0.25, -0.2) is 4.79 Å². The highest BCUT2D eigenvalue weighted by Crippen LogP contribution is 2.25. The lowest BCUT2D eigenvalue weighted by molar-refractivity contribution is -0.139. The molecular weight excluding hydrogens is 344 g/mol. The number of para-hydroxylation sites is 1. The lowest BCUT2D eigenvalue weighted by Crippen LogP contribution is -2.56. The zero-order valence-corrected chi connectivity index (χ0v) is 15.9. The number of aromatic nitrogens is 1. The summed E-state index contributed by atoms with van der Waals surface area (Å²) in [5.41, 5.74) is 3.57. The zero-order valence-electron chi connectivity index (χ0n) is 15.9. The van der Waals surface area contributed by atoms with E-state index in [-0.39, 0.29) is 24.7 Å². The van der Waals surface area contributed by atoms with Crippen molar-refractivity contribution in [1.82, 2.24) is 20.5 Å². The molecular formula is C20H28N4O3. The van der Waals surface area contributed by atoms with E-state index in [1.165, 1.54) is 16.5 Å². The van der Waals surface area contributed by atoms with E-state index in [2.05, 4.69) is 34.7 Å². The van der Waals surface area contributed by atoms with Gasteiger partial charge in [-0.15, -0.1) is 0 Å². The Morgan fingerprint density at radius 1 is 1.33 bits per heavy atom. The molecule has 146 valence electrons. The molecule has 0 saturated heterocycles. The van der Waals surface area contributed by atoms with Gasteiger partial charge in [0.25, 0.3) is 0 Å². The maximum absolute atomic E-state index is 12.1. The van der Waals surface area contributed by atoms with Gasteiger partial charge in [0.2, 0.25) is 0 Å². The normalized spacial score (nSPS) is 19.1. The monoisotopic (exact) mass is 372 g/mol. The maximum atomic E-state index is 12.1. The van der Waals surface area contributed by atoms with Crippen LogP contribution in [0.25, 0.3) is 10.9 Å². The van der Waals surface area contributed by atoms with Gasteiger partial charge in [0.1, 0.15) is 0 Å². The van der Waals surface area contributed by atoms with Crippen LogP contribution < -0.4 is 10.6 Å². The van der Waals surface area contributed by atoms with E-state index < -0.39 is 5.97 Å². The number of carboxylic acid groups (broad SMARTS) is 1. The van der Waals surface area contributed by atoms with Gasteiger partial charge in [-0.1, -0.05) is 25.1 Å². The van der Waals surface area contributed by atoms with Gasteiger partial charge in [-0.05, 0) is 43.9 Å². The molecule has 1 aromatic heterocycles. The van der Waals surface area contributed by atoms with Crippen molar-refractivity contribution in [2.45, 2.75) is 45.2 Å². The number of hydrogen-bond donors (Lipinski definition) is 4. The molecule has 2 aromatic rings. The second-order valence-electron chi connectivity index (χ2n) is 7.24. The molecule has 0 atom stereocenters. The molecule has 1 saturated carbocycles. The van der Waals surface area contributed by atoms with Crippen LogP contribution in [0, 0.1) is 6.92 Å². The van der Waals surface area contributed by atoms with Crippen LogP contribution in [0.1, 0.15) is 30.9 Å². The average molecular weight is 372 g/mol. The summed E-state index contributed by atoms with van der Waals surface area (Å²) in [4.78, 5) is 28.2. The fourth-order valence-electron chi connectivity index (χ4n) is 3.79. The Kier molecular flexibility index (Phi) is 6.01. The molecule has 0 spiro atoms. The number of nitrogens with zero attached hydrogens (tertiary/aromatic N) is 1. The Morgan fingerprint density at radius 2 is 2.11 bits per heavy atom. The van der Waals surface area contributed by atoms with Crippen molar-refractivity contribution in [3.8, 4) is 0 Å². The first-order chi connectivity index (χ1) is 13.0. The molecule has 7 nitrogen and oxygen atoms in total. The molecule has 27 heavy (non-hydrogen) atoms. The van der Waals surface area contributed by atoms with Crippen molar-refractivity contribution in [1.29, 1.82) is 0 Å². The molecule has 1 fully saturated rings. The molecule has 0 radical (unpaired) electrons. The van der Waals surface area contributed by atoms with Crippen LogP contribution >= 0.6 is 0 Å². The van der Waals surface area contributed by atoms with Crippen molar-refractivity contribution in [2.24, 2.45) is 0 Å². The Balaban J connectivity index is 1.39. The van der Waals surface area contributed by atoms with Gasteiger partial charge in [-0.2, -0.15) is 0 Å². The third kappa shape index (κ3) is 4.60. The highest BCUT2D eigenvalue weighted by molar-refractivity contribution is 5.86. The number of hydrogen-bond acceptors (Lipinski definition) is 3. The van der Waals surface area contributed by atoms with E-state index in [9.17, 15) is 9.59 Å². The van der Waals surface area contributed by atoms with E-state index in [1.54, 1.807) is 0 Å². The van der Waals surface area contributed by atoms with Crippen LogP contribution in [0.3, 0.4) is 0 Å². The van der Waals surface area contributed by atoms with E-state index in [0.29, 0.717) is 13.1 Å². The zero-order chi connectivity index (χ0) is 19.4. The van der Waals surface area contributed by atoms with Crippen molar-refractivity contribution in [3.05, 3.63) is 35.5 Å². The van der Waals surface area contributed by atoms with Gasteiger partial charge in [0.05, 0.1) is 6.54 Å². The fraction of sp³-hybridized carbons (Fsp3) is 0.500. The fourth-order valence-corrected chi connectivity index (χ4v) is 3.79. The lowest BCUT2D eigenvalue weighted by atomic mass is 9.85. The second kappa shape index (κ2) is 8.43. The second-order valence-corrected chi connectivity index (χ2v) is 7.24. The molecule has 1 aliphatic rings. The Hall–Kier alpha value is -2.54. The third-order valence-electron chi connectivity index (χ3n) is 5.40. The summed E-state index contributed by atoms with van der Waals surface area (Å²) in [7, 11) is 0.